The second kappa shape index (κ2) is 6.02. The molecule has 0 aromatic rings. The Hall–Kier alpha value is -0.0800. The summed E-state index contributed by atoms with van der Waals surface area (Å²) in [6.07, 6.45) is 5.13. The summed E-state index contributed by atoms with van der Waals surface area (Å²) < 4.78 is 0. The highest BCUT2D eigenvalue weighted by Gasteiger charge is 2.31. The van der Waals surface area contributed by atoms with Crippen molar-refractivity contribution in [2.75, 3.05) is 19.6 Å². The molecule has 0 aromatic heterocycles. The van der Waals surface area contributed by atoms with Crippen LogP contribution in [0.15, 0.2) is 0 Å². The second-order valence-electron chi connectivity index (χ2n) is 5.86. The molecule has 1 saturated heterocycles. The van der Waals surface area contributed by atoms with Crippen molar-refractivity contribution < 1.29 is 0 Å². The predicted molar refractivity (Wildman–Crippen MR) is 71.5 cm³/mol. The molecule has 0 spiro atoms. The van der Waals surface area contributed by atoms with Gasteiger partial charge in [-0.25, -0.2) is 0 Å². The number of rotatable bonds is 5. The molecular formula is C14H30N2. The molecule has 2 N–H and O–H groups in total. The number of likely N-dealkylation sites (tertiary alicyclic amines) is 1. The van der Waals surface area contributed by atoms with Crippen molar-refractivity contribution in [3.05, 3.63) is 0 Å². The average molecular weight is 226 g/mol. The zero-order valence-electron chi connectivity index (χ0n) is 11.6. The lowest BCUT2D eigenvalue weighted by Gasteiger charge is -2.43. The molecular weight excluding hydrogens is 196 g/mol. The first kappa shape index (κ1) is 14.0. The average Bonchev–Trinajstić information content (AvgIpc) is 2.29. The van der Waals surface area contributed by atoms with Gasteiger partial charge in [-0.15, -0.1) is 0 Å². The number of nitrogens with two attached hydrogens (primary N) is 1. The Morgan fingerprint density at radius 1 is 1.25 bits per heavy atom. The van der Waals surface area contributed by atoms with Gasteiger partial charge in [0.1, 0.15) is 0 Å². The van der Waals surface area contributed by atoms with E-state index in [-0.39, 0.29) is 0 Å². The topological polar surface area (TPSA) is 29.3 Å². The SMILES string of the molecule is CCC(CC)(CN)CN1CCC(C)CC1C. The van der Waals surface area contributed by atoms with Crippen LogP contribution in [0.4, 0.5) is 0 Å². The van der Waals surface area contributed by atoms with Crippen molar-refractivity contribution in [1.29, 1.82) is 0 Å². The number of piperidine rings is 1. The van der Waals surface area contributed by atoms with Crippen molar-refractivity contribution in [3.63, 3.8) is 0 Å². The summed E-state index contributed by atoms with van der Waals surface area (Å²) in [5.41, 5.74) is 6.35. The van der Waals surface area contributed by atoms with Crippen LogP contribution in [-0.4, -0.2) is 30.6 Å². The van der Waals surface area contributed by atoms with Gasteiger partial charge in [-0.05, 0) is 57.0 Å². The molecule has 2 heteroatoms. The normalized spacial score (nSPS) is 28.3. The lowest BCUT2D eigenvalue weighted by atomic mass is 9.80. The summed E-state index contributed by atoms with van der Waals surface area (Å²) in [6.45, 7) is 12.6. The van der Waals surface area contributed by atoms with Gasteiger partial charge in [0.15, 0.2) is 0 Å². The predicted octanol–water partition coefficient (Wildman–Crippen LogP) is 2.87. The Morgan fingerprint density at radius 3 is 2.31 bits per heavy atom. The van der Waals surface area contributed by atoms with Gasteiger partial charge < -0.3 is 10.6 Å². The Bertz CT molecular complexity index is 191. The molecule has 2 unspecified atom stereocenters. The minimum Gasteiger partial charge on any atom is -0.330 e. The third-order valence-electron chi connectivity index (χ3n) is 4.75. The molecule has 0 radical (unpaired) electrons. The minimum atomic E-state index is 0.356. The zero-order valence-corrected chi connectivity index (χ0v) is 11.6. The maximum atomic E-state index is 5.99. The molecule has 1 aliphatic rings. The van der Waals surface area contributed by atoms with Crippen molar-refractivity contribution in [2.24, 2.45) is 17.1 Å². The number of nitrogens with zero attached hydrogens (tertiary/aromatic N) is 1. The highest BCUT2D eigenvalue weighted by molar-refractivity contribution is 4.86. The molecule has 96 valence electrons. The summed E-state index contributed by atoms with van der Waals surface area (Å²) in [4.78, 5) is 2.67. The zero-order chi connectivity index (χ0) is 12.2. The largest absolute Gasteiger partial charge is 0.330 e. The molecule has 1 rings (SSSR count). The fourth-order valence-corrected chi connectivity index (χ4v) is 2.95. The van der Waals surface area contributed by atoms with E-state index >= 15 is 0 Å². The highest BCUT2D eigenvalue weighted by atomic mass is 15.2. The van der Waals surface area contributed by atoms with E-state index < -0.39 is 0 Å². The van der Waals surface area contributed by atoms with Crippen molar-refractivity contribution >= 4 is 0 Å². The van der Waals surface area contributed by atoms with Crippen molar-refractivity contribution in [2.45, 2.75) is 59.4 Å². The maximum absolute atomic E-state index is 5.99. The van der Waals surface area contributed by atoms with Gasteiger partial charge in [0.2, 0.25) is 0 Å². The van der Waals surface area contributed by atoms with Crippen LogP contribution in [0.25, 0.3) is 0 Å². The van der Waals surface area contributed by atoms with Gasteiger partial charge in [-0.1, -0.05) is 20.8 Å². The van der Waals surface area contributed by atoms with E-state index in [1.54, 1.807) is 0 Å². The van der Waals surface area contributed by atoms with E-state index in [2.05, 4.69) is 32.6 Å². The van der Waals surface area contributed by atoms with Gasteiger partial charge in [-0.2, -0.15) is 0 Å². The van der Waals surface area contributed by atoms with Crippen molar-refractivity contribution in [1.82, 2.24) is 4.90 Å². The smallest absolute Gasteiger partial charge is 0.00697 e. The van der Waals surface area contributed by atoms with Crippen LogP contribution in [-0.2, 0) is 0 Å². The van der Waals surface area contributed by atoms with E-state index in [0.29, 0.717) is 5.41 Å². The molecule has 2 atom stereocenters. The first-order valence-electron chi connectivity index (χ1n) is 7.01. The van der Waals surface area contributed by atoms with Crippen LogP contribution in [0, 0.1) is 11.3 Å². The Kier molecular flexibility index (Phi) is 5.26. The summed E-state index contributed by atoms with van der Waals surface area (Å²) in [5, 5.41) is 0. The van der Waals surface area contributed by atoms with E-state index in [9.17, 15) is 0 Å². The molecule has 0 saturated carbocycles. The van der Waals surface area contributed by atoms with Crippen LogP contribution >= 0.6 is 0 Å². The van der Waals surface area contributed by atoms with Crippen LogP contribution in [0.3, 0.4) is 0 Å². The molecule has 2 nitrogen and oxygen atoms in total. The third kappa shape index (κ3) is 3.21. The summed E-state index contributed by atoms with van der Waals surface area (Å²) in [6, 6.07) is 0.743. The fraction of sp³-hybridized carbons (Fsp3) is 1.00. The summed E-state index contributed by atoms with van der Waals surface area (Å²) in [7, 11) is 0. The first-order valence-corrected chi connectivity index (χ1v) is 7.01. The Labute approximate surface area is 102 Å². The standard InChI is InChI=1S/C14H30N2/c1-5-14(6-2,10-15)11-16-8-7-12(3)9-13(16)4/h12-13H,5-11,15H2,1-4H3. The first-order chi connectivity index (χ1) is 7.56. The molecule has 0 aromatic carbocycles. The lowest BCUT2D eigenvalue weighted by Crippen LogP contribution is -2.48. The molecule has 1 heterocycles. The number of hydrogen-bond donors (Lipinski definition) is 1. The van der Waals surface area contributed by atoms with Gasteiger partial charge in [0.25, 0.3) is 0 Å². The van der Waals surface area contributed by atoms with E-state index in [1.165, 1.54) is 38.8 Å². The van der Waals surface area contributed by atoms with Gasteiger partial charge >= 0.3 is 0 Å². The van der Waals surface area contributed by atoms with Crippen LogP contribution in [0.1, 0.15) is 53.4 Å². The third-order valence-corrected chi connectivity index (χ3v) is 4.75. The van der Waals surface area contributed by atoms with E-state index in [4.69, 9.17) is 5.73 Å². The highest BCUT2D eigenvalue weighted by Crippen LogP contribution is 2.30. The van der Waals surface area contributed by atoms with Crippen LogP contribution in [0.2, 0.25) is 0 Å². The molecule has 16 heavy (non-hydrogen) atoms. The molecule has 1 fully saturated rings. The van der Waals surface area contributed by atoms with Crippen LogP contribution in [0.5, 0.6) is 0 Å². The molecule has 0 aliphatic carbocycles. The molecule has 0 amide bonds. The van der Waals surface area contributed by atoms with E-state index in [1.807, 2.05) is 0 Å². The summed E-state index contributed by atoms with van der Waals surface area (Å²) in [5.74, 6) is 0.904. The van der Waals surface area contributed by atoms with Crippen molar-refractivity contribution in [3.8, 4) is 0 Å². The fourth-order valence-electron chi connectivity index (χ4n) is 2.95. The summed E-state index contributed by atoms with van der Waals surface area (Å²) >= 11 is 0. The molecule has 1 aliphatic heterocycles. The van der Waals surface area contributed by atoms with Gasteiger partial charge in [0.05, 0.1) is 0 Å². The second-order valence-corrected chi connectivity index (χ2v) is 5.86. The minimum absolute atomic E-state index is 0.356. The quantitative estimate of drug-likeness (QED) is 0.781. The molecule has 0 bridgehead atoms. The van der Waals surface area contributed by atoms with Gasteiger partial charge in [0, 0.05) is 12.6 Å². The number of hydrogen-bond acceptors (Lipinski definition) is 2. The van der Waals surface area contributed by atoms with E-state index in [0.717, 1.165) is 18.5 Å². The van der Waals surface area contributed by atoms with Crippen LogP contribution < -0.4 is 5.73 Å². The van der Waals surface area contributed by atoms with Gasteiger partial charge in [-0.3, -0.25) is 0 Å². The Balaban J connectivity index is 2.57. The lowest BCUT2D eigenvalue weighted by molar-refractivity contribution is 0.0687. The maximum Gasteiger partial charge on any atom is 0.00697 e. The Morgan fingerprint density at radius 2 is 1.88 bits per heavy atom. The monoisotopic (exact) mass is 226 g/mol.